The second-order valence-corrected chi connectivity index (χ2v) is 4.11. The predicted octanol–water partition coefficient (Wildman–Crippen LogP) is 1.88. The van der Waals surface area contributed by atoms with Crippen molar-refractivity contribution >= 4 is 15.9 Å². The van der Waals surface area contributed by atoms with Crippen molar-refractivity contribution in [1.29, 1.82) is 0 Å². The molecule has 0 aliphatic rings. The van der Waals surface area contributed by atoms with Crippen molar-refractivity contribution in [3.8, 4) is 11.5 Å². The van der Waals surface area contributed by atoms with Crippen molar-refractivity contribution in [2.75, 3.05) is 20.8 Å². The lowest BCUT2D eigenvalue weighted by Crippen LogP contribution is -2.02. The highest BCUT2D eigenvalue weighted by molar-refractivity contribution is 9.10. The zero-order valence-corrected chi connectivity index (χ0v) is 10.8. The number of benzene rings is 1. The van der Waals surface area contributed by atoms with Gasteiger partial charge in [0.05, 0.1) is 20.3 Å². The highest BCUT2D eigenvalue weighted by Crippen LogP contribution is 2.36. The minimum absolute atomic E-state index is 0.0675. The van der Waals surface area contributed by atoms with E-state index < -0.39 is 6.10 Å². The van der Waals surface area contributed by atoms with Crippen LogP contribution in [0.1, 0.15) is 18.1 Å². The van der Waals surface area contributed by atoms with E-state index in [1.807, 2.05) is 0 Å². The standard InChI is InChI=1S/C11H15BrO4/c1-15-10-5-7(9(14)3-4-13)8(12)6-11(10)16-2/h5-6,9,13-14H,3-4H2,1-2H3. The Morgan fingerprint density at radius 3 is 2.31 bits per heavy atom. The summed E-state index contributed by atoms with van der Waals surface area (Å²) < 4.78 is 11.0. The normalized spacial score (nSPS) is 12.3. The lowest BCUT2D eigenvalue weighted by atomic mass is 10.1. The summed E-state index contributed by atoms with van der Waals surface area (Å²) in [6.45, 7) is -0.0675. The van der Waals surface area contributed by atoms with Crippen LogP contribution >= 0.6 is 15.9 Å². The van der Waals surface area contributed by atoms with E-state index in [2.05, 4.69) is 15.9 Å². The van der Waals surface area contributed by atoms with Gasteiger partial charge in [-0.2, -0.15) is 0 Å². The van der Waals surface area contributed by atoms with Crippen molar-refractivity contribution in [3.63, 3.8) is 0 Å². The highest BCUT2D eigenvalue weighted by Gasteiger charge is 2.15. The zero-order valence-electron chi connectivity index (χ0n) is 9.24. The van der Waals surface area contributed by atoms with Crippen LogP contribution in [0.25, 0.3) is 0 Å². The van der Waals surface area contributed by atoms with E-state index in [0.29, 0.717) is 17.1 Å². The summed E-state index contributed by atoms with van der Waals surface area (Å²) in [5, 5.41) is 18.6. The van der Waals surface area contributed by atoms with E-state index >= 15 is 0 Å². The average molecular weight is 291 g/mol. The van der Waals surface area contributed by atoms with Gasteiger partial charge in [-0.15, -0.1) is 0 Å². The summed E-state index contributed by atoms with van der Waals surface area (Å²) in [5.41, 5.74) is 0.673. The smallest absolute Gasteiger partial charge is 0.161 e. The first kappa shape index (κ1) is 13.3. The molecule has 0 spiro atoms. The highest BCUT2D eigenvalue weighted by atomic mass is 79.9. The fraction of sp³-hybridized carbons (Fsp3) is 0.455. The molecule has 5 heteroatoms. The lowest BCUT2D eigenvalue weighted by Gasteiger charge is -2.15. The van der Waals surface area contributed by atoms with Gasteiger partial charge in [0.2, 0.25) is 0 Å². The number of aliphatic hydroxyl groups excluding tert-OH is 2. The molecule has 0 aliphatic carbocycles. The molecule has 0 aromatic heterocycles. The molecule has 1 aromatic rings. The lowest BCUT2D eigenvalue weighted by molar-refractivity contribution is 0.133. The molecule has 0 amide bonds. The quantitative estimate of drug-likeness (QED) is 0.869. The molecule has 0 radical (unpaired) electrons. The van der Waals surface area contributed by atoms with Crippen molar-refractivity contribution in [2.45, 2.75) is 12.5 Å². The van der Waals surface area contributed by atoms with Gasteiger partial charge in [0, 0.05) is 17.5 Å². The van der Waals surface area contributed by atoms with Crippen LogP contribution in [0, 0.1) is 0 Å². The van der Waals surface area contributed by atoms with Crippen molar-refractivity contribution in [2.24, 2.45) is 0 Å². The Morgan fingerprint density at radius 2 is 1.81 bits per heavy atom. The maximum absolute atomic E-state index is 9.80. The Kier molecular flexibility index (Phi) is 5.05. The Labute approximate surface area is 103 Å². The Balaban J connectivity index is 3.10. The fourth-order valence-electron chi connectivity index (χ4n) is 1.40. The molecular weight excluding hydrogens is 276 g/mol. The molecule has 90 valence electrons. The van der Waals surface area contributed by atoms with Gasteiger partial charge >= 0.3 is 0 Å². The number of halogens is 1. The molecule has 1 rings (SSSR count). The van der Waals surface area contributed by atoms with E-state index in [1.54, 1.807) is 19.2 Å². The molecule has 0 fully saturated rings. The van der Waals surface area contributed by atoms with Crippen LogP contribution < -0.4 is 9.47 Å². The van der Waals surface area contributed by atoms with Crippen LogP contribution in [0.2, 0.25) is 0 Å². The van der Waals surface area contributed by atoms with Crippen LogP contribution in [0.4, 0.5) is 0 Å². The SMILES string of the molecule is COc1cc(Br)c(C(O)CCO)cc1OC. The summed E-state index contributed by atoms with van der Waals surface area (Å²) >= 11 is 3.34. The van der Waals surface area contributed by atoms with E-state index in [-0.39, 0.29) is 13.0 Å². The minimum atomic E-state index is -0.723. The second-order valence-electron chi connectivity index (χ2n) is 3.26. The molecule has 0 saturated carbocycles. The molecule has 0 saturated heterocycles. The maximum atomic E-state index is 9.80. The van der Waals surface area contributed by atoms with Crippen LogP contribution in [0.5, 0.6) is 11.5 Å². The van der Waals surface area contributed by atoms with Crippen molar-refractivity contribution in [1.82, 2.24) is 0 Å². The first-order chi connectivity index (χ1) is 7.63. The second kappa shape index (κ2) is 6.08. The van der Waals surface area contributed by atoms with E-state index in [4.69, 9.17) is 14.6 Å². The molecule has 1 aromatic carbocycles. The predicted molar refractivity (Wildman–Crippen MR) is 63.9 cm³/mol. The molecule has 1 atom stereocenters. The summed E-state index contributed by atoms with van der Waals surface area (Å²) in [6.07, 6.45) is -0.437. The molecule has 2 N–H and O–H groups in total. The molecule has 0 heterocycles. The largest absolute Gasteiger partial charge is 0.493 e. The van der Waals surface area contributed by atoms with Crippen LogP contribution in [-0.4, -0.2) is 31.0 Å². The number of aliphatic hydroxyl groups is 2. The van der Waals surface area contributed by atoms with Gasteiger partial charge in [-0.3, -0.25) is 0 Å². The Bertz CT molecular complexity index is 354. The topological polar surface area (TPSA) is 58.9 Å². The van der Waals surface area contributed by atoms with Gasteiger partial charge in [0.15, 0.2) is 11.5 Å². The minimum Gasteiger partial charge on any atom is -0.493 e. The van der Waals surface area contributed by atoms with Crippen molar-refractivity contribution < 1.29 is 19.7 Å². The number of hydrogen-bond acceptors (Lipinski definition) is 4. The van der Waals surface area contributed by atoms with E-state index in [1.165, 1.54) is 7.11 Å². The Morgan fingerprint density at radius 1 is 1.25 bits per heavy atom. The number of rotatable bonds is 5. The first-order valence-corrected chi connectivity index (χ1v) is 5.63. The third-order valence-electron chi connectivity index (χ3n) is 2.26. The zero-order chi connectivity index (χ0) is 12.1. The van der Waals surface area contributed by atoms with Gasteiger partial charge in [-0.1, -0.05) is 15.9 Å². The fourth-order valence-corrected chi connectivity index (χ4v) is 1.99. The van der Waals surface area contributed by atoms with Crippen molar-refractivity contribution in [3.05, 3.63) is 22.2 Å². The molecule has 0 bridgehead atoms. The first-order valence-electron chi connectivity index (χ1n) is 4.84. The van der Waals surface area contributed by atoms with E-state index in [9.17, 15) is 5.11 Å². The van der Waals surface area contributed by atoms with Gasteiger partial charge in [-0.05, 0) is 17.7 Å². The molecule has 0 aliphatic heterocycles. The number of ether oxygens (including phenoxy) is 2. The third kappa shape index (κ3) is 2.87. The summed E-state index contributed by atoms with van der Waals surface area (Å²) in [5.74, 6) is 1.15. The number of hydrogen-bond donors (Lipinski definition) is 2. The van der Waals surface area contributed by atoms with Crippen LogP contribution in [0.3, 0.4) is 0 Å². The third-order valence-corrected chi connectivity index (χ3v) is 2.95. The molecule has 4 nitrogen and oxygen atoms in total. The van der Waals surface area contributed by atoms with Gasteiger partial charge < -0.3 is 19.7 Å². The van der Waals surface area contributed by atoms with Crippen LogP contribution in [0.15, 0.2) is 16.6 Å². The summed E-state index contributed by atoms with van der Waals surface area (Å²) in [7, 11) is 3.09. The average Bonchev–Trinajstić information content (AvgIpc) is 2.28. The van der Waals surface area contributed by atoms with Crippen LogP contribution in [-0.2, 0) is 0 Å². The van der Waals surface area contributed by atoms with Gasteiger partial charge in [0.1, 0.15) is 0 Å². The molecule has 16 heavy (non-hydrogen) atoms. The Hall–Kier alpha value is -0.780. The summed E-state index contributed by atoms with van der Waals surface area (Å²) in [6, 6.07) is 3.43. The summed E-state index contributed by atoms with van der Waals surface area (Å²) in [4.78, 5) is 0. The maximum Gasteiger partial charge on any atom is 0.161 e. The van der Waals surface area contributed by atoms with Gasteiger partial charge in [-0.25, -0.2) is 0 Å². The molecular formula is C11H15BrO4. The monoisotopic (exact) mass is 290 g/mol. The number of methoxy groups -OCH3 is 2. The van der Waals surface area contributed by atoms with Gasteiger partial charge in [0.25, 0.3) is 0 Å². The van der Waals surface area contributed by atoms with E-state index in [0.717, 1.165) is 4.47 Å². The molecule has 1 unspecified atom stereocenters.